The van der Waals surface area contributed by atoms with E-state index in [1.165, 1.54) is 15.3 Å². The second-order valence-electron chi connectivity index (χ2n) is 4.51. The van der Waals surface area contributed by atoms with Gasteiger partial charge in [0.2, 0.25) is 0 Å². The maximum atomic E-state index is 5.19. The lowest BCUT2D eigenvalue weighted by atomic mass is 10.1. The number of hydrogen-bond donors (Lipinski definition) is 0. The molecule has 5 heteroatoms. The normalized spacial score (nSPS) is 11.6. The van der Waals surface area contributed by atoms with Crippen molar-refractivity contribution in [1.29, 1.82) is 0 Å². The molecule has 0 saturated heterocycles. The van der Waals surface area contributed by atoms with Crippen molar-refractivity contribution >= 4 is 38.1 Å². The number of nitrogens with zero attached hydrogens (tertiary/aromatic N) is 1. The molecule has 0 aliphatic rings. The van der Waals surface area contributed by atoms with Crippen LogP contribution in [0.2, 0.25) is 0 Å². The van der Waals surface area contributed by atoms with Crippen LogP contribution in [0.5, 0.6) is 5.75 Å². The zero-order valence-electron chi connectivity index (χ0n) is 12.3. The number of thioether (sulfide) groups is 1. The Morgan fingerprint density at radius 1 is 0.955 bits per heavy atom. The number of hydrogen-bond acceptors (Lipinski definition) is 5. The molecule has 0 N–H and O–H groups in total. The van der Waals surface area contributed by atoms with Crippen molar-refractivity contribution in [1.82, 2.24) is 0 Å². The summed E-state index contributed by atoms with van der Waals surface area (Å²) < 4.78 is 7.56. The second kappa shape index (κ2) is 7.13. The van der Waals surface area contributed by atoms with Crippen LogP contribution in [-0.2, 0) is 0 Å². The highest BCUT2D eigenvalue weighted by atomic mass is 32.9. The molecule has 22 heavy (non-hydrogen) atoms. The quantitative estimate of drug-likeness (QED) is 0.464. The Morgan fingerprint density at radius 2 is 1.68 bits per heavy atom. The van der Waals surface area contributed by atoms with Crippen molar-refractivity contribution in [2.75, 3.05) is 13.4 Å². The van der Waals surface area contributed by atoms with Crippen molar-refractivity contribution in [2.45, 2.75) is 4.21 Å². The minimum absolute atomic E-state index is 0.848. The van der Waals surface area contributed by atoms with Crippen molar-refractivity contribution in [3.05, 3.63) is 59.3 Å². The Hall–Kier alpha value is -1.56. The summed E-state index contributed by atoms with van der Waals surface area (Å²) in [5, 5.41) is 0. The third kappa shape index (κ3) is 3.27. The first kappa shape index (κ1) is 15.3. The smallest absolute Gasteiger partial charge is 0.136 e. The third-order valence-corrected chi connectivity index (χ3v) is 6.92. The highest BCUT2D eigenvalue weighted by Crippen LogP contribution is 2.34. The minimum Gasteiger partial charge on any atom is -0.497 e. The van der Waals surface area contributed by atoms with E-state index in [0.717, 1.165) is 16.1 Å². The van der Waals surface area contributed by atoms with Gasteiger partial charge in [0.05, 0.1) is 17.0 Å². The van der Waals surface area contributed by atoms with Crippen LogP contribution in [0.3, 0.4) is 0 Å². The number of benzene rings is 2. The predicted molar refractivity (Wildman–Crippen MR) is 97.6 cm³/mol. The molecule has 0 aliphatic carbocycles. The van der Waals surface area contributed by atoms with E-state index in [4.69, 9.17) is 9.73 Å². The molecule has 0 amide bonds. The van der Waals surface area contributed by atoms with Crippen molar-refractivity contribution in [2.24, 2.45) is 4.99 Å². The summed E-state index contributed by atoms with van der Waals surface area (Å²) in [6, 6.07) is 18.3. The monoisotopic (exact) mass is 345 g/mol. The minimum atomic E-state index is 0.848. The van der Waals surface area contributed by atoms with Crippen molar-refractivity contribution in [3.63, 3.8) is 0 Å². The molecule has 0 unspecified atom stereocenters. The molecule has 0 saturated carbocycles. The van der Waals surface area contributed by atoms with Gasteiger partial charge in [0.1, 0.15) is 10.4 Å². The van der Waals surface area contributed by atoms with Crippen LogP contribution in [0.15, 0.2) is 63.8 Å². The van der Waals surface area contributed by atoms with Crippen LogP contribution in [0.25, 0.3) is 11.1 Å². The predicted octanol–water partition coefficient (Wildman–Crippen LogP) is 5.44. The summed E-state index contributed by atoms with van der Waals surface area (Å²) >= 11 is 1.78. The summed E-state index contributed by atoms with van der Waals surface area (Å²) in [5.74, 6) is 0.848. The summed E-state index contributed by atoms with van der Waals surface area (Å²) in [6.07, 6.45) is 2.11. The maximum absolute atomic E-state index is 5.19. The van der Waals surface area contributed by atoms with E-state index >= 15 is 0 Å². The maximum Gasteiger partial charge on any atom is 0.136 e. The molecule has 1 heterocycles. The van der Waals surface area contributed by atoms with Gasteiger partial charge >= 0.3 is 0 Å². The summed E-state index contributed by atoms with van der Waals surface area (Å²) in [4.78, 5) is 4.82. The molecule has 0 fully saturated rings. The topological polar surface area (TPSA) is 21.6 Å². The van der Waals surface area contributed by atoms with Gasteiger partial charge in [-0.1, -0.05) is 51.0 Å². The molecule has 2 aromatic carbocycles. The van der Waals surface area contributed by atoms with Crippen LogP contribution >= 0.6 is 32.4 Å². The van der Waals surface area contributed by atoms with E-state index in [2.05, 4.69) is 30.5 Å². The van der Waals surface area contributed by atoms with Gasteiger partial charge < -0.3 is 4.74 Å². The largest absolute Gasteiger partial charge is 0.497 e. The second-order valence-corrected chi connectivity index (χ2v) is 7.72. The van der Waals surface area contributed by atoms with E-state index < -0.39 is 0 Å². The van der Waals surface area contributed by atoms with Gasteiger partial charge in [0.25, 0.3) is 0 Å². The molecule has 0 atom stereocenters. The fourth-order valence-corrected chi connectivity index (χ4v) is 5.79. The molecule has 112 valence electrons. The van der Waals surface area contributed by atoms with E-state index in [9.17, 15) is 0 Å². The zero-order valence-corrected chi connectivity index (χ0v) is 14.7. The van der Waals surface area contributed by atoms with Crippen LogP contribution in [-0.4, -0.2) is 13.4 Å². The van der Waals surface area contributed by atoms with Crippen molar-refractivity contribution in [3.8, 4) is 16.9 Å². The Bertz CT molecular complexity index is 804. The molecule has 0 bridgehead atoms. The third-order valence-electron chi connectivity index (χ3n) is 3.17. The first-order valence-corrected chi connectivity index (χ1v) is 10.1. The van der Waals surface area contributed by atoms with Gasteiger partial charge in [-0.15, -0.1) is 11.8 Å². The Morgan fingerprint density at radius 3 is 2.32 bits per heavy atom. The molecule has 2 nitrogen and oxygen atoms in total. The highest BCUT2D eigenvalue weighted by Gasteiger charge is 2.10. The molecule has 3 aromatic rings. The molecule has 0 aliphatic heterocycles. The number of rotatable bonds is 4. The summed E-state index contributed by atoms with van der Waals surface area (Å²) in [5.41, 5.74) is 3.40. The molecule has 1 aromatic heterocycles. The van der Waals surface area contributed by atoms with Gasteiger partial charge in [0.15, 0.2) is 0 Å². The SMILES string of the molecule is COc1ccc(N=c2ssc(SC)c2-c2ccccc2)cc1. The van der Waals surface area contributed by atoms with Crippen LogP contribution in [0.1, 0.15) is 0 Å². The highest BCUT2D eigenvalue weighted by molar-refractivity contribution is 8.02. The van der Waals surface area contributed by atoms with Crippen molar-refractivity contribution < 1.29 is 4.74 Å². The molecular weight excluding hydrogens is 330 g/mol. The lowest BCUT2D eigenvalue weighted by Gasteiger charge is -2.01. The number of methoxy groups -OCH3 is 1. The van der Waals surface area contributed by atoms with Gasteiger partial charge in [-0.05, 0) is 36.1 Å². The number of ether oxygens (including phenoxy) is 1. The Labute approximate surface area is 141 Å². The van der Waals surface area contributed by atoms with Gasteiger partial charge in [-0.3, -0.25) is 0 Å². The molecule has 3 rings (SSSR count). The fourth-order valence-electron chi connectivity index (χ4n) is 2.08. The standard InChI is InChI=1S/C17H15NOS3/c1-19-14-10-8-13(9-11-14)18-16-15(17(20-2)22-21-16)12-6-4-3-5-7-12/h3-11H,1-2H3. The molecular formula is C17H15NOS3. The molecule has 0 spiro atoms. The van der Waals surface area contributed by atoms with Crippen LogP contribution in [0.4, 0.5) is 5.69 Å². The van der Waals surface area contributed by atoms with E-state index in [1.54, 1.807) is 39.6 Å². The van der Waals surface area contributed by atoms with Crippen LogP contribution in [0, 0.1) is 0 Å². The average molecular weight is 346 g/mol. The average Bonchev–Trinajstić information content (AvgIpc) is 2.99. The lowest BCUT2D eigenvalue weighted by molar-refractivity contribution is 0.415. The fraction of sp³-hybridized carbons (Fsp3) is 0.118. The Kier molecular flexibility index (Phi) is 4.97. The van der Waals surface area contributed by atoms with Gasteiger partial charge in [0, 0.05) is 5.56 Å². The first-order chi connectivity index (χ1) is 10.8. The summed E-state index contributed by atoms with van der Waals surface area (Å²) in [7, 11) is 5.18. The van der Waals surface area contributed by atoms with Gasteiger partial charge in [-0.25, -0.2) is 4.99 Å². The van der Waals surface area contributed by atoms with Crippen LogP contribution < -0.4 is 9.41 Å². The van der Waals surface area contributed by atoms with E-state index in [0.29, 0.717) is 0 Å². The van der Waals surface area contributed by atoms with E-state index in [-0.39, 0.29) is 0 Å². The lowest BCUT2D eigenvalue weighted by Crippen LogP contribution is -1.97. The van der Waals surface area contributed by atoms with Gasteiger partial charge in [-0.2, -0.15) is 0 Å². The van der Waals surface area contributed by atoms with E-state index in [1.807, 2.05) is 30.3 Å². The first-order valence-electron chi connectivity index (χ1n) is 6.73. The zero-order chi connectivity index (χ0) is 15.4. The molecule has 0 radical (unpaired) electrons. The summed E-state index contributed by atoms with van der Waals surface area (Å²) in [6.45, 7) is 0. The Balaban J connectivity index is 2.10.